The lowest BCUT2D eigenvalue weighted by Crippen LogP contribution is -2.33. The molecule has 10 nitrogen and oxygen atoms in total. The highest BCUT2D eigenvalue weighted by Crippen LogP contribution is 2.32. The van der Waals surface area contributed by atoms with E-state index in [2.05, 4.69) is 19.7 Å². The summed E-state index contributed by atoms with van der Waals surface area (Å²) in [7, 11) is 0. The van der Waals surface area contributed by atoms with Gasteiger partial charge in [-0.25, -0.2) is 9.97 Å². The normalized spacial score (nSPS) is 28.9. The monoisotopic (exact) mass is 296 g/mol. The molecule has 1 aliphatic heterocycles. The maximum atomic E-state index is 10.2. The average molecular weight is 296 g/mol. The van der Waals surface area contributed by atoms with Crippen LogP contribution in [-0.4, -0.2) is 66.2 Å². The minimum absolute atomic E-state index is 0.149. The Morgan fingerprint density at radius 2 is 2.14 bits per heavy atom. The molecule has 3 rings (SSSR count). The van der Waals surface area contributed by atoms with E-state index in [1.54, 1.807) is 0 Å². The number of ether oxygens (including phenoxy) is 2. The zero-order chi connectivity index (χ0) is 15.0. The van der Waals surface area contributed by atoms with E-state index in [0.29, 0.717) is 0 Å². The summed E-state index contributed by atoms with van der Waals surface area (Å²) in [6, 6.07) is 0. The van der Waals surface area contributed by atoms with Gasteiger partial charge < -0.3 is 24.8 Å². The van der Waals surface area contributed by atoms with Gasteiger partial charge in [0.05, 0.1) is 6.33 Å². The average Bonchev–Trinajstić information content (AvgIpc) is 3.02. The fraction of sp³-hybridized carbons (Fsp3) is 0.455. The number of fused-ring (bicyclic) bond motifs is 1. The van der Waals surface area contributed by atoms with E-state index in [9.17, 15) is 20.1 Å². The lowest BCUT2D eigenvalue weighted by Gasteiger charge is -2.16. The first-order valence-electron chi connectivity index (χ1n) is 6.07. The van der Waals surface area contributed by atoms with Crippen molar-refractivity contribution in [3.63, 3.8) is 0 Å². The maximum Gasteiger partial charge on any atom is 0.293 e. The number of aromatic nitrogens is 4. The molecule has 0 spiro atoms. The van der Waals surface area contributed by atoms with E-state index in [0.717, 1.165) is 6.33 Å². The van der Waals surface area contributed by atoms with Crippen LogP contribution < -0.4 is 0 Å². The topological polar surface area (TPSA) is 140 Å². The van der Waals surface area contributed by atoms with E-state index >= 15 is 0 Å². The second-order valence-corrected chi connectivity index (χ2v) is 4.50. The summed E-state index contributed by atoms with van der Waals surface area (Å²) in [6.45, 7) is 0.0404. The van der Waals surface area contributed by atoms with Crippen LogP contribution in [0.3, 0.4) is 0 Å². The molecule has 0 aromatic carbocycles. The Labute approximate surface area is 117 Å². The molecule has 21 heavy (non-hydrogen) atoms. The third kappa shape index (κ3) is 2.18. The van der Waals surface area contributed by atoms with Gasteiger partial charge in [-0.3, -0.25) is 9.36 Å². The van der Waals surface area contributed by atoms with Crippen molar-refractivity contribution in [3.05, 3.63) is 12.7 Å². The number of aliphatic hydroxyl groups excluding tert-OH is 2. The van der Waals surface area contributed by atoms with Crippen LogP contribution in [0.2, 0.25) is 0 Å². The van der Waals surface area contributed by atoms with Gasteiger partial charge in [0.1, 0.15) is 31.2 Å². The molecular formula is C11H12N4O6. The lowest BCUT2D eigenvalue weighted by molar-refractivity contribution is -0.135. The molecule has 0 unspecified atom stereocenters. The first-order chi connectivity index (χ1) is 10.1. The molecule has 0 radical (unpaired) electrons. The van der Waals surface area contributed by atoms with Crippen LogP contribution >= 0.6 is 0 Å². The van der Waals surface area contributed by atoms with E-state index in [1.165, 1.54) is 10.9 Å². The van der Waals surface area contributed by atoms with Crippen molar-refractivity contribution in [3.8, 4) is 5.88 Å². The Kier molecular flexibility index (Phi) is 3.41. The number of rotatable bonds is 4. The van der Waals surface area contributed by atoms with Crippen LogP contribution in [0.4, 0.5) is 0 Å². The first-order valence-corrected chi connectivity index (χ1v) is 6.07. The summed E-state index contributed by atoms with van der Waals surface area (Å²) >= 11 is 0. The van der Waals surface area contributed by atoms with Gasteiger partial charge in [-0.1, -0.05) is 0 Å². The van der Waals surface area contributed by atoms with Gasteiger partial charge in [-0.2, -0.15) is 4.98 Å². The van der Waals surface area contributed by atoms with Crippen molar-refractivity contribution >= 4 is 17.6 Å². The number of hydrogen-bond acceptors (Lipinski definition) is 9. The van der Waals surface area contributed by atoms with Crippen LogP contribution in [0, 0.1) is 0 Å². The van der Waals surface area contributed by atoms with Crippen LogP contribution in [0.1, 0.15) is 6.23 Å². The number of nitrogens with zero attached hydrogens (tertiary/aromatic N) is 4. The van der Waals surface area contributed by atoms with Crippen molar-refractivity contribution in [2.75, 3.05) is 6.61 Å². The molecule has 3 N–H and O–H groups in total. The summed E-state index contributed by atoms with van der Waals surface area (Å²) in [4.78, 5) is 21.7. The molecular weight excluding hydrogens is 284 g/mol. The quantitative estimate of drug-likeness (QED) is 0.564. The van der Waals surface area contributed by atoms with E-state index in [4.69, 9.17) is 4.74 Å². The first kappa shape index (κ1) is 13.7. The Hall–Kier alpha value is -2.30. The SMILES string of the molecule is O=COC[C@H]1O[C@@H](n2cnc3c(O)ncnc32)[C@H](O)[C@@H]1O. The van der Waals surface area contributed by atoms with Crippen molar-refractivity contribution in [2.45, 2.75) is 24.5 Å². The molecule has 0 amide bonds. The molecule has 3 heterocycles. The Bertz CT molecular complexity index is 661. The standard InChI is InChI=1S/C11H12N4O6/c16-4-20-1-5-7(17)8(18)11(21-5)15-3-14-6-9(15)12-2-13-10(6)19/h2-5,7-8,11,17-18H,1H2,(H,12,13,19)/t5-,7-,8-,11-/m1/s1. The highest BCUT2D eigenvalue weighted by Gasteiger charge is 2.44. The fourth-order valence-corrected chi connectivity index (χ4v) is 2.26. The maximum absolute atomic E-state index is 10.2. The lowest BCUT2D eigenvalue weighted by atomic mass is 10.1. The van der Waals surface area contributed by atoms with Gasteiger partial charge in [0, 0.05) is 0 Å². The summed E-state index contributed by atoms with van der Waals surface area (Å²) in [5.74, 6) is -0.298. The molecule has 1 fully saturated rings. The zero-order valence-electron chi connectivity index (χ0n) is 10.6. The zero-order valence-corrected chi connectivity index (χ0v) is 10.6. The van der Waals surface area contributed by atoms with Crippen molar-refractivity contribution in [1.29, 1.82) is 0 Å². The predicted octanol–water partition coefficient (Wildman–Crippen LogP) is -1.68. The van der Waals surface area contributed by atoms with Gasteiger partial charge in [-0.15, -0.1) is 0 Å². The van der Waals surface area contributed by atoms with Gasteiger partial charge >= 0.3 is 0 Å². The third-order valence-corrected chi connectivity index (χ3v) is 3.28. The highest BCUT2D eigenvalue weighted by molar-refractivity contribution is 5.75. The van der Waals surface area contributed by atoms with Crippen molar-refractivity contribution in [2.24, 2.45) is 0 Å². The summed E-state index contributed by atoms with van der Waals surface area (Å²) in [5.41, 5.74) is 0.395. The summed E-state index contributed by atoms with van der Waals surface area (Å²) in [5, 5.41) is 29.5. The molecule has 10 heteroatoms. The molecule has 2 aromatic heterocycles. The number of hydrogen-bond donors (Lipinski definition) is 3. The molecule has 0 saturated carbocycles. The Balaban J connectivity index is 1.92. The van der Waals surface area contributed by atoms with Crippen LogP contribution in [-0.2, 0) is 14.3 Å². The molecule has 112 valence electrons. The predicted molar refractivity (Wildman–Crippen MR) is 64.9 cm³/mol. The third-order valence-electron chi connectivity index (χ3n) is 3.28. The minimum atomic E-state index is -1.26. The molecule has 0 aliphatic carbocycles. The number of aliphatic hydroxyl groups is 2. The second kappa shape index (κ2) is 5.24. The second-order valence-electron chi connectivity index (χ2n) is 4.50. The van der Waals surface area contributed by atoms with Crippen LogP contribution in [0.15, 0.2) is 12.7 Å². The highest BCUT2D eigenvalue weighted by atomic mass is 16.6. The van der Waals surface area contributed by atoms with E-state index < -0.39 is 24.5 Å². The van der Waals surface area contributed by atoms with Gasteiger partial charge in [0.25, 0.3) is 6.47 Å². The van der Waals surface area contributed by atoms with Crippen molar-refractivity contribution in [1.82, 2.24) is 19.5 Å². The van der Waals surface area contributed by atoms with E-state index in [1.807, 2.05) is 0 Å². The van der Waals surface area contributed by atoms with Crippen LogP contribution in [0.5, 0.6) is 5.88 Å². The number of aromatic hydroxyl groups is 1. The molecule has 2 aromatic rings. The van der Waals surface area contributed by atoms with Crippen LogP contribution in [0.25, 0.3) is 11.2 Å². The smallest absolute Gasteiger partial charge is 0.293 e. The molecule has 4 atom stereocenters. The Morgan fingerprint density at radius 3 is 2.90 bits per heavy atom. The fourth-order valence-electron chi connectivity index (χ4n) is 2.26. The van der Waals surface area contributed by atoms with Crippen molar-refractivity contribution < 1.29 is 29.6 Å². The van der Waals surface area contributed by atoms with Gasteiger partial charge in [-0.05, 0) is 0 Å². The Morgan fingerprint density at radius 1 is 1.33 bits per heavy atom. The number of carbonyl (C=O) groups excluding carboxylic acids is 1. The molecule has 0 bridgehead atoms. The summed E-state index contributed by atoms with van der Waals surface area (Å²) < 4.78 is 11.4. The van der Waals surface area contributed by atoms with Gasteiger partial charge in [0.15, 0.2) is 17.4 Å². The summed E-state index contributed by atoms with van der Waals surface area (Å²) in [6.07, 6.45) is -1.89. The number of carbonyl (C=O) groups is 1. The largest absolute Gasteiger partial charge is 0.492 e. The number of imidazole rings is 1. The molecule has 1 saturated heterocycles. The minimum Gasteiger partial charge on any atom is -0.492 e. The van der Waals surface area contributed by atoms with Gasteiger partial charge in [0.2, 0.25) is 5.88 Å². The molecule has 1 aliphatic rings. The van der Waals surface area contributed by atoms with E-state index in [-0.39, 0.29) is 30.1 Å².